The number of carbonyl (C=O) groups excluding carboxylic acids is 2. The van der Waals surface area contributed by atoms with Gasteiger partial charge in [-0.1, -0.05) is 30.3 Å². The molecule has 5 nitrogen and oxygen atoms in total. The summed E-state index contributed by atoms with van der Waals surface area (Å²) in [7, 11) is 1.60. The molecule has 5 heteroatoms. The topological polar surface area (TPSA) is 58.6 Å². The van der Waals surface area contributed by atoms with E-state index in [1.807, 2.05) is 61.5 Å². The van der Waals surface area contributed by atoms with Gasteiger partial charge in [0, 0.05) is 18.7 Å². The summed E-state index contributed by atoms with van der Waals surface area (Å²) in [5.41, 5.74) is 1.84. The third-order valence-electron chi connectivity index (χ3n) is 4.54. The fourth-order valence-electron chi connectivity index (χ4n) is 3.05. The van der Waals surface area contributed by atoms with Crippen molar-refractivity contribution >= 4 is 17.5 Å². The van der Waals surface area contributed by atoms with Crippen molar-refractivity contribution in [2.45, 2.75) is 19.4 Å². The molecule has 0 aliphatic carbocycles. The zero-order valence-corrected chi connectivity index (χ0v) is 14.4. The van der Waals surface area contributed by atoms with Crippen LogP contribution in [0.25, 0.3) is 0 Å². The predicted octanol–water partition coefficient (Wildman–Crippen LogP) is 2.93. The average molecular weight is 338 g/mol. The molecule has 0 radical (unpaired) electrons. The Bertz CT molecular complexity index is 743. The molecule has 3 rings (SSSR count). The van der Waals surface area contributed by atoms with E-state index >= 15 is 0 Å². The molecule has 1 fully saturated rings. The molecule has 0 bridgehead atoms. The molecule has 2 aromatic carbocycles. The zero-order valence-electron chi connectivity index (χ0n) is 14.4. The summed E-state index contributed by atoms with van der Waals surface area (Å²) in [5.74, 6) is 0.292. The fourth-order valence-corrected chi connectivity index (χ4v) is 3.05. The summed E-state index contributed by atoms with van der Waals surface area (Å²) in [6.45, 7) is 2.35. The average Bonchev–Trinajstić information content (AvgIpc) is 3.04. The van der Waals surface area contributed by atoms with Crippen LogP contribution in [0.1, 0.15) is 24.9 Å². The number of hydrogen-bond donors (Lipinski definition) is 1. The summed E-state index contributed by atoms with van der Waals surface area (Å²) in [5, 5.41) is 3.01. The van der Waals surface area contributed by atoms with Crippen molar-refractivity contribution in [1.82, 2.24) is 5.32 Å². The minimum absolute atomic E-state index is 0.0299. The van der Waals surface area contributed by atoms with Crippen molar-refractivity contribution in [2.24, 2.45) is 5.92 Å². The lowest BCUT2D eigenvalue weighted by Gasteiger charge is -2.19. The van der Waals surface area contributed by atoms with Gasteiger partial charge >= 0.3 is 0 Å². The first-order chi connectivity index (χ1) is 12.1. The first kappa shape index (κ1) is 17.0. The van der Waals surface area contributed by atoms with Gasteiger partial charge in [0.05, 0.1) is 19.1 Å². The van der Waals surface area contributed by atoms with Gasteiger partial charge < -0.3 is 15.0 Å². The van der Waals surface area contributed by atoms with Gasteiger partial charge in [-0.3, -0.25) is 9.59 Å². The lowest BCUT2D eigenvalue weighted by molar-refractivity contribution is -0.126. The van der Waals surface area contributed by atoms with E-state index < -0.39 is 0 Å². The highest BCUT2D eigenvalue weighted by Crippen LogP contribution is 2.27. The van der Waals surface area contributed by atoms with E-state index in [0.717, 1.165) is 17.0 Å². The Kier molecular flexibility index (Phi) is 5.03. The minimum atomic E-state index is -0.333. The third-order valence-corrected chi connectivity index (χ3v) is 4.54. The Morgan fingerprint density at radius 2 is 1.84 bits per heavy atom. The lowest BCUT2D eigenvalue weighted by Crippen LogP contribution is -2.34. The summed E-state index contributed by atoms with van der Waals surface area (Å²) >= 11 is 0. The van der Waals surface area contributed by atoms with Crippen LogP contribution in [0.15, 0.2) is 54.6 Å². The van der Waals surface area contributed by atoms with Crippen LogP contribution >= 0.6 is 0 Å². The molecule has 1 aliphatic heterocycles. The van der Waals surface area contributed by atoms with Crippen LogP contribution in [0.5, 0.6) is 5.75 Å². The van der Waals surface area contributed by atoms with Gasteiger partial charge in [-0.2, -0.15) is 0 Å². The van der Waals surface area contributed by atoms with Crippen LogP contribution in [0.3, 0.4) is 0 Å². The largest absolute Gasteiger partial charge is 0.497 e. The highest BCUT2D eigenvalue weighted by Gasteiger charge is 2.35. The highest BCUT2D eigenvalue weighted by atomic mass is 16.5. The molecular weight excluding hydrogens is 316 g/mol. The molecule has 1 heterocycles. The van der Waals surface area contributed by atoms with E-state index in [1.165, 1.54) is 0 Å². The number of benzene rings is 2. The summed E-state index contributed by atoms with van der Waals surface area (Å²) in [6, 6.07) is 17.0. The first-order valence-corrected chi connectivity index (χ1v) is 8.38. The number of rotatable bonds is 5. The van der Waals surface area contributed by atoms with Crippen molar-refractivity contribution < 1.29 is 14.3 Å². The van der Waals surface area contributed by atoms with Gasteiger partial charge in [-0.05, 0) is 36.8 Å². The molecule has 1 saturated heterocycles. The van der Waals surface area contributed by atoms with E-state index in [2.05, 4.69) is 5.32 Å². The van der Waals surface area contributed by atoms with Gasteiger partial charge in [-0.25, -0.2) is 0 Å². The van der Waals surface area contributed by atoms with Crippen LogP contribution in [0, 0.1) is 5.92 Å². The minimum Gasteiger partial charge on any atom is -0.497 e. The van der Waals surface area contributed by atoms with Crippen molar-refractivity contribution in [3.8, 4) is 5.75 Å². The maximum Gasteiger partial charge on any atom is 0.227 e. The van der Waals surface area contributed by atoms with Crippen LogP contribution in [0.2, 0.25) is 0 Å². The Labute approximate surface area is 147 Å². The molecule has 0 saturated carbocycles. The second-order valence-electron chi connectivity index (χ2n) is 6.24. The predicted molar refractivity (Wildman–Crippen MR) is 96.5 cm³/mol. The molecular formula is C20H22N2O3. The Morgan fingerprint density at radius 3 is 2.48 bits per heavy atom. The molecule has 2 aromatic rings. The molecule has 0 spiro atoms. The summed E-state index contributed by atoms with van der Waals surface area (Å²) in [4.78, 5) is 26.5. The van der Waals surface area contributed by atoms with E-state index in [9.17, 15) is 9.59 Å². The van der Waals surface area contributed by atoms with Crippen molar-refractivity contribution in [3.05, 3.63) is 60.2 Å². The Balaban J connectivity index is 1.64. The molecule has 25 heavy (non-hydrogen) atoms. The Morgan fingerprint density at radius 1 is 1.16 bits per heavy atom. The maximum atomic E-state index is 12.5. The maximum absolute atomic E-state index is 12.5. The molecule has 130 valence electrons. The number of carbonyl (C=O) groups is 2. The van der Waals surface area contributed by atoms with E-state index in [1.54, 1.807) is 12.0 Å². The van der Waals surface area contributed by atoms with E-state index in [-0.39, 0.29) is 30.2 Å². The summed E-state index contributed by atoms with van der Waals surface area (Å²) < 4.78 is 5.14. The normalized spacial score (nSPS) is 18.1. The SMILES string of the molecule is COc1ccc(N2CC(C(=O)N[C@@H](C)c3ccccc3)CC2=O)cc1. The molecule has 1 N–H and O–H groups in total. The number of hydrogen-bond acceptors (Lipinski definition) is 3. The quantitative estimate of drug-likeness (QED) is 0.912. The molecule has 1 aliphatic rings. The Hall–Kier alpha value is -2.82. The molecule has 0 aromatic heterocycles. The molecule has 1 unspecified atom stereocenters. The van der Waals surface area contributed by atoms with Crippen LogP contribution in [-0.4, -0.2) is 25.5 Å². The first-order valence-electron chi connectivity index (χ1n) is 8.38. The van der Waals surface area contributed by atoms with Crippen molar-refractivity contribution in [3.63, 3.8) is 0 Å². The number of nitrogens with one attached hydrogen (secondary N) is 1. The van der Waals surface area contributed by atoms with Gasteiger partial charge in [0.1, 0.15) is 5.75 Å². The fraction of sp³-hybridized carbons (Fsp3) is 0.300. The molecule has 2 amide bonds. The number of ether oxygens (including phenoxy) is 1. The van der Waals surface area contributed by atoms with Gasteiger partial charge in [0.15, 0.2) is 0 Å². The highest BCUT2D eigenvalue weighted by molar-refractivity contribution is 6.00. The number of anilines is 1. The van der Waals surface area contributed by atoms with Gasteiger partial charge in [0.2, 0.25) is 11.8 Å². The van der Waals surface area contributed by atoms with Crippen molar-refractivity contribution in [1.29, 1.82) is 0 Å². The van der Waals surface area contributed by atoms with Crippen LogP contribution in [-0.2, 0) is 9.59 Å². The zero-order chi connectivity index (χ0) is 17.8. The van der Waals surface area contributed by atoms with Gasteiger partial charge in [0.25, 0.3) is 0 Å². The van der Waals surface area contributed by atoms with E-state index in [4.69, 9.17) is 4.74 Å². The third kappa shape index (κ3) is 3.82. The number of amides is 2. The molecule has 2 atom stereocenters. The van der Waals surface area contributed by atoms with Crippen LogP contribution in [0.4, 0.5) is 5.69 Å². The van der Waals surface area contributed by atoms with Crippen LogP contribution < -0.4 is 15.0 Å². The lowest BCUT2D eigenvalue weighted by atomic mass is 10.1. The smallest absolute Gasteiger partial charge is 0.227 e. The monoisotopic (exact) mass is 338 g/mol. The van der Waals surface area contributed by atoms with Crippen molar-refractivity contribution in [2.75, 3.05) is 18.6 Å². The van der Waals surface area contributed by atoms with E-state index in [0.29, 0.717) is 6.54 Å². The number of methoxy groups -OCH3 is 1. The van der Waals surface area contributed by atoms with Gasteiger partial charge in [-0.15, -0.1) is 0 Å². The second kappa shape index (κ2) is 7.38. The summed E-state index contributed by atoms with van der Waals surface area (Å²) in [6.07, 6.45) is 0.235. The second-order valence-corrected chi connectivity index (χ2v) is 6.24. The number of nitrogens with zero attached hydrogens (tertiary/aromatic N) is 1. The standard InChI is InChI=1S/C20H22N2O3/c1-14(15-6-4-3-5-7-15)21-20(24)16-12-19(23)22(13-16)17-8-10-18(25-2)11-9-17/h3-11,14,16H,12-13H2,1-2H3,(H,21,24)/t14-,16?/m0/s1.